The van der Waals surface area contributed by atoms with Gasteiger partial charge in [-0.1, -0.05) is 0 Å². The lowest BCUT2D eigenvalue weighted by atomic mass is 10.1. The lowest BCUT2D eigenvalue weighted by Gasteiger charge is -2.08. The minimum absolute atomic E-state index is 0.0872. The zero-order chi connectivity index (χ0) is 14.1. The number of aryl methyl sites for hydroxylation is 2. The van der Waals surface area contributed by atoms with Crippen molar-refractivity contribution in [2.24, 2.45) is 0 Å². The van der Waals surface area contributed by atoms with Crippen molar-refractivity contribution in [1.29, 1.82) is 0 Å². The number of nitrogens with one attached hydrogen (secondary N) is 1. The van der Waals surface area contributed by atoms with Crippen molar-refractivity contribution >= 4 is 11.3 Å². The molecule has 106 valence electrons. The Morgan fingerprint density at radius 1 is 1.35 bits per heavy atom. The van der Waals surface area contributed by atoms with Crippen molar-refractivity contribution in [3.8, 4) is 0 Å². The molecule has 0 bridgehead atoms. The van der Waals surface area contributed by atoms with E-state index in [1.165, 1.54) is 4.88 Å². The highest BCUT2D eigenvalue weighted by Gasteiger charge is 2.15. The maximum absolute atomic E-state index is 12.5. The quantitative estimate of drug-likeness (QED) is 0.898. The van der Waals surface area contributed by atoms with E-state index in [4.69, 9.17) is 0 Å². The topological polar surface area (TPSA) is 59.8 Å². The molecule has 2 aromatic heterocycles. The van der Waals surface area contributed by atoms with Gasteiger partial charge in [-0.05, 0) is 26.8 Å². The van der Waals surface area contributed by atoms with Crippen LogP contribution in [0.25, 0.3) is 0 Å². The van der Waals surface area contributed by atoms with E-state index in [1.54, 1.807) is 22.2 Å². The van der Waals surface area contributed by atoms with Crippen LogP contribution in [-0.4, -0.2) is 27.6 Å². The number of fused-ring (bicyclic) bond motifs is 1. The second kappa shape index (κ2) is 5.46. The summed E-state index contributed by atoms with van der Waals surface area (Å²) in [5, 5.41) is 4.27. The van der Waals surface area contributed by atoms with Crippen LogP contribution >= 0.6 is 11.3 Å². The summed E-state index contributed by atoms with van der Waals surface area (Å²) in [6, 6.07) is 0. The number of hydrogen-bond donors (Lipinski definition) is 1. The van der Waals surface area contributed by atoms with Crippen molar-refractivity contribution in [2.45, 2.75) is 33.2 Å². The van der Waals surface area contributed by atoms with Gasteiger partial charge in [0.15, 0.2) is 0 Å². The summed E-state index contributed by atoms with van der Waals surface area (Å²) in [7, 11) is 0. The first-order valence-corrected chi connectivity index (χ1v) is 7.67. The third-order valence-corrected chi connectivity index (χ3v) is 4.75. The van der Waals surface area contributed by atoms with Gasteiger partial charge in [-0.3, -0.25) is 9.36 Å². The van der Waals surface area contributed by atoms with Crippen molar-refractivity contribution in [3.05, 3.63) is 43.5 Å². The molecule has 0 saturated heterocycles. The normalized spacial score (nSPS) is 14.9. The van der Waals surface area contributed by atoms with E-state index in [2.05, 4.69) is 22.2 Å². The van der Waals surface area contributed by atoms with E-state index < -0.39 is 0 Å². The smallest absolute Gasteiger partial charge is 0.257 e. The molecule has 1 aliphatic rings. The van der Waals surface area contributed by atoms with Crippen LogP contribution in [0.1, 0.15) is 26.8 Å². The van der Waals surface area contributed by atoms with Crippen molar-refractivity contribution in [2.75, 3.05) is 13.1 Å². The molecule has 0 atom stereocenters. The van der Waals surface area contributed by atoms with E-state index >= 15 is 0 Å². The maximum Gasteiger partial charge on any atom is 0.257 e. The molecule has 2 aromatic rings. The standard InChI is InChI=1S/C14H18N4OS/c1-9-10(2)20-13(17-9)7-18-8-16-12-4-6-15-5-3-11(12)14(18)19/h8,15H,3-7H2,1-2H3. The van der Waals surface area contributed by atoms with Crippen molar-refractivity contribution in [1.82, 2.24) is 19.9 Å². The van der Waals surface area contributed by atoms with E-state index in [9.17, 15) is 4.79 Å². The Hall–Kier alpha value is -1.53. The number of nitrogens with zero attached hydrogens (tertiary/aromatic N) is 3. The average molecular weight is 290 g/mol. The third-order valence-electron chi connectivity index (χ3n) is 3.69. The average Bonchev–Trinajstić information content (AvgIpc) is 2.65. The first kappa shape index (κ1) is 13.5. The first-order chi connectivity index (χ1) is 9.65. The highest BCUT2D eigenvalue weighted by atomic mass is 32.1. The summed E-state index contributed by atoms with van der Waals surface area (Å²) >= 11 is 1.65. The van der Waals surface area contributed by atoms with Gasteiger partial charge in [0.1, 0.15) is 5.01 Å². The van der Waals surface area contributed by atoms with Gasteiger partial charge in [-0.15, -0.1) is 11.3 Å². The Kier molecular flexibility index (Phi) is 3.67. The van der Waals surface area contributed by atoms with Crippen LogP contribution in [0.4, 0.5) is 0 Å². The molecule has 0 radical (unpaired) electrons. The molecule has 5 nitrogen and oxygen atoms in total. The van der Waals surface area contributed by atoms with Crippen LogP contribution in [-0.2, 0) is 19.4 Å². The van der Waals surface area contributed by atoms with Crippen LogP contribution < -0.4 is 10.9 Å². The zero-order valence-electron chi connectivity index (χ0n) is 11.8. The fourth-order valence-electron chi connectivity index (χ4n) is 2.44. The zero-order valence-corrected chi connectivity index (χ0v) is 12.6. The van der Waals surface area contributed by atoms with Gasteiger partial charge in [-0.2, -0.15) is 0 Å². The van der Waals surface area contributed by atoms with Crippen LogP contribution in [0.2, 0.25) is 0 Å². The largest absolute Gasteiger partial charge is 0.316 e. The second-order valence-corrected chi connectivity index (χ2v) is 6.39. The molecule has 0 aliphatic carbocycles. The molecular formula is C14H18N4OS. The molecule has 0 aromatic carbocycles. The maximum atomic E-state index is 12.5. The molecule has 1 aliphatic heterocycles. The second-order valence-electron chi connectivity index (χ2n) is 5.10. The van der Waals surface area contributed by atoms with Crippen LogP contribution in [0, 0.1) is 13.8 Å². The molecule has 20 heavy (non-hydrogen) atoms. The summed E-state index contributed by atoms with van der Waals surface area (Å²) in [6.07, 6.45) is 3.26. The van der Waals surface area contributed by atoms with Gasteiger partial charge < -0.3 is 5.32 Å². The van der Waals surface area contributed by atoms with Gasteiger partial charge in [0.05, 0.1) is 24.3 Å². The Morgan fingerprint density at radius 2 is 2.15 bits per heavy atom. The van der Waals surface area contributed by atoms with Gasteiger partial charge in [0, 0.05) is 23.4 Å². The molecule has 6 heteroatoms. The summed E-state index contributed by atoms with van der Waals surface area (Å²) in [5.41, 5.74) is 2.94. The highest BCUT2D eigenvalue weighted by Crippen LogP contribution is 2.17. The Labute approximate surface area is 121 Å². The van der Waals surface area contributed by atoms with Crippen LogP contribution in [0.3, 0.4) is 0 Å². The molecule has 0 unspecified atom stereocenters. The summed E-state index contributed by atoms with van der Waals surface area (Å²) in [6.45, 7) is 6.32. The van der Waals surface area contributed by atoms with Gasteiger partial charge in [0.25, 0.3) is 5.56 Å². The fourth-order valence-corrected chi connectivity index (χ4v) is 3.38. The summed E-state index contributed by atoms with van der Waals surface area (Å²) < 4.78 is 1.68. The van der Waals surface area contributed by atoms with E-state index in [1.807, 2.05) is 6.92 Å². The molecule has 0 fully saturated rings. The van der Waals surface area contributed by atoms with Gasteiger partial charge >= 0.3 is 0 Å². The SMILES string of the molecule is Cc1nc(Cn2cnc3c(c2=O)CCNCC3)sc1C. The molecule has 0 saturated carbocycles. The Balaban J connectivity index is 1.94. The summed E-state index contributed by atoms with van der Waals surface area (Å²) in [4.78, 5) is 22.7. The monoisotopic (exact) mass is 290 g/mol. The van der Waals surface area contributed by atoms with Crippen molar-refractivity contribution < 1.29 is 0 Å². The van der Waals surface area contributed by atoms with Crippen LogP contribution in [0.15, 0.2) is 11.1 Å². The van der Waals surface area contributed by atoms with Gasteiger partial charge in [-0.25, -0.2) is 9.97 Å². The summed E-state index contributed by atoms with van der Waals surface area (Å²) in [5.74, 6) is 0. The Bertz CT molecular complexity index is 669. The van der Waals surface area contributed by atoms with E-state index in [-0.39, 0.29) is 5.56 Å². The molecule has 1 N–H and O–H groups in total. The van der Waals surface area contributed by atoms with E-state index in [0.29, 0.717) is 6.54 Å². The molecular weight excluding hydrogens is 272 g/mol. The molecule has 3 rings (SSSR count). The fraction of sp³-hybridized carbons (Fsp3) is 0.500. The predicted molar refractivity (Wildman–Crippen MR) is 79.5 cm³/mol. The molecule has 3 heterocycles. The van der Waals surface area contributed by atoms with Crippen LogP contribution in [0.5, 0.6) is 0 Å². The molecule has 0 spiro atoms. The highest BCUT2D eigenvalue weighted by molar-refractivity contribution is 7.11. The lowest BCUT2D eigenvalue weighted by molar-refractivity contribution is 0.702. The Morgan fingerprint density at radius 3 is 2.90 bits per heavy atom. The van der Waals surface area contributed by atoms with E-state index in [0.717, 1.165) is 47.9 Å². The number of aromatic nitrogens is 3. The molecule has 0 amide bonds. The number of hydrogen-bond acceptors (Lipinski definition) is 5. The van der Waals surface area contributed by atoms with Crippen molar-refractivity contribution in [3.63, 3.8) is 0 Å². The number of rotatable bonds is 2. The first-order valence-electron chi connectivity index (χ1n) is 6.86. The lowest BCUT2D eigenvalue weighted by Crippen LogP contribution is -2.27. The van der Waals surface area contributed by atoms with Gasteiger partial charge in [0.2, 0.25) is 0 Å². The minimum Gasteiger partial charge on any atom is -0.316 e. The third kappa shape index (κ3) is 2.53. The minimum atomic E-state index is 0.0872. The number of thiazole rings is 1. The predicted octanol–water partition coefficient (Wildman–Crippen LogP) is 1.05.